The van der Waals surface area contributed by atoms with E-state index in [2.05, 4.69) is 19.1 Å². The smallest absolute Gasteiger partial charge is 0.201 e. The molecule has 32 heavy (non-hydrogen) atoms. The van der Waals surface area contributed by atoms with E-state index in [9.17, 15) is 17.6 Å². The SMILES string of the molecule is CCCC1CCC(/C=C/CCc2ccc(-c3ccc(OCC)c(F)c3F)c(F)c2F)CC1. The molecule has 0 saturated heterocycles. The van der Waals surface area contributed by atoms with Crippen molar-refractivity contribution in [3.05, 3.63) is 65.2 Å². The van der Waals surface area contributed by atoms with Gasteiger partial charge in [0.1, 0.15) is 0 Å². The van der Waals surface area contributed by atoms with E-state index in [0.717, 1.165) is 5.92 Å². The highest BCUT2D eigenvalue weighted by atomic mass is 19.2. The van der Waals surface area contributed by atoms with Crippen LogP contribution in [0.1, 0.15) is 64.4 Å². The van der Waals surface area contributed by atoms with Gasteiger partial charge < -0.3 is 4.74 Å². The third-order valence-electron chi connectivity index (χ3n) is 6.38. The molecule has 2 aromatic rings. The van der Waals surface area contributed by atoms with E-state index in [0.29, 0.717) is 18.8 Å². The van der Waals surface area contributed by atoms with Gasteiger partial charge in [-0.15, -0.1) is 0 Å². The summed E-state index contributed by atoms with van der Waals surface area (Å²) in [6.07, 6.45) is 12.7. The topological polar surface area (TPSA) is 9.23 Å². The lowest BCUT2D eigenvalue weighted by molar-refractivity contribution is 0.294. The Morgan fingerprint density at radius 1 is 0.844 bits per heavy atom. The van der Waals surface area contributed by atoms with E-state index in [1.165, 1.54) is 62.8 Å². The number of rotatable bonds is 9. The van der Waals surface area contributed by atoms with Gasteiger partial charge in [0.15, 0.2) is 23.2 Å². The summed E-state index contributed by atoms with van der Waals surface area (Å²) in [5.74, 6) is -3.45. The molecule has 0 atom stereocenters. The van der Waals surface area contributed by atoms with Gasteiger partial charge in [-0.1, -0.05) is 44.1 Å². The van der Waals surface area contributed by atoms with Crippen molar-refractivity contribution < 1.29 is 22.3 Å². The number of hydrogen-bond donors (Lipinski definition) is 0. The lowest BCUT2D eigenvalue weighted by atomic mass is 9.80. The van der Waals surface area contributed by atoms with Crippen LogP contribution in [0.2, 0.25) is 0 Å². The molecule has 1 nitrogen and oxygen atoms in total. The largest absolute Gasteiger partial charge is 0.491 e. The van der Waals surface area contributed by atoms with Crippen molar-refractivity contribution >= 4 is 0 Å². The fourth-order valence-corrected chi connectivity index (χ4v) is 4.60. The highest BCUT2D eigenvalue weighted by Crippen LogP contribution is 2.34. The molecule has 0 aliphatic heterocycles. The molecule has 1 aliphatic rings. The summed E-state index contributed by atoms with van der Waals surface area (Å²) in [7, 11) is 0. The molecule has 2 aromatic carbocycles. The normalized spacial score (nSPS) is 18.9. The Bertz CT molecular complexity index is 930. The van der Waals surface area contributed by atoms with E-state index in [-0.39, 0.29) is 29.0 Å². The van der Waals surface area contributed by atoms with Crippen molar-refractivity contribution in [3.8, 4) is 16.9 Å². The molecular formula is C27H32F4O. The van der Waals surface area contributed by atoms with Crippen molar-refractivity contribution in [1.82, 2.24) is 0 Å². The summed E-state index contributed by atoms with van der Waals surface area (Å²) in [6.45, 7) is 4.04. The molecule has 0 heterocycles. The van der Waals surface area contributed by atoms with Crippen molar-refractivity contribution in [2.24, 2.45) is 11.8 Å². The van der Waals surface area contributed by atoms with E-state index in [1.807, 2.05) is 0 Å². The molecule has 3 rings (SSSR count). The summed E-state index contributed by atoms with van der Waals surface area (Å²) < 4.78 is 62.9. The summed E-state index contributed by atoms with van der Waals surface area (Å²) in [4.78, 5) is 0. The van der Waals surface area contributed by atoms with Gasteiger partial charge in [0.05, 0.1) is 6.61 Å². The zero-order chi connectivity index (χ0) is 23.1. The maximum Gasteiger partial charge on any atom is 0.201 e. The summed E-state index contributed by atoms with van der Waals surface area (Å²) in [5, 5.41) is 0. The molecular weight excluding hydrogens is 416 g/mol. The van der Waals surface area contributed by atoms with Gasteiger partial charge in [-0.3, -0.25) is 0 Å². The molecule has 0 radical (unpaired) electrons. The van der Waals surface area contributed by atoms with Crippen LogP contribution in [-0.4, -0.2) is 6.61 Å². The minimum atomic E-state index is -1.25. The number of ether oxygens (including phenoxy) is 1. The van der Waals surface area contributed by atoms with Gasteiger partial charge >= 0.3 is 0 Å². The third kappa shape index (κ3) is 5.73. The van der Waals surface area contributed by atoms with Crippen LogP contribution in [0.5, 0.6) is 5.75 Å². The molecule has 0 bridgehead atoms. The second kappa shape index (κ2) is 11.5. The van der Waals surface area contributed by atoms with Crippen LogP contribution >= 0.6 is 0 Å². The standard InChI is InChI=1S/C27H32F4O/c1-3-7-18-10-12-19(13-11-18)8-5-6-9-20-14-15-21(25(29)24(20)28)22-16-17-23(32-4-2)27(31)26(22)30/h5,8,14-19H,3-4,6-7,9-13H2,1-2H3/b8-5+. The van der Waals surface area contributed by atoms with E-state index < -0.39 is 23.3 Å². The van der Waals surface area contributed by atoms with Gasteiger partial charge in [-0.2, -0.15) is 4.39 Å². The molecule has 5 heteroatoms. The van der Waals surface area contributed by atoms with Crippen molar-refractivity contribution in [1.29, 1.82) is 0 Å². The third-order valence-corrected chi connectivity index (χ3v) is 6.38. The van der Waals surface area contributed by atoms with Gasteiger partial charge in [0, 0.05) is 11.1 Å². The Balaban J connectivity index is 1.64. The van der Waals surface area contributed by atoms with Crippen LogP contribution in [0.3, 0.4) is 0 Å². The number of halogens is 4. The molecule has 1 aliphatic carbocycles. The molecule has 0 N–H and O–H groups in total. The Morgan fingerprint density at radius 2 is 1.50 bits per heavy atom. The van der Waals surface area contributed by atoms with Crippen LogP contribution in [0.25, 0.3) is 11.1 Å². The summed E-state index contributed by atoms with van der Waals surface area (Å²) in [5.41, 5.74) is -0.396. The zero-order valence-electron chi connectivity index (χ0n) is 18.9. The van der Waals surface area contributed by atoms with Gasteiger partial charge in [-0.05, 0) is 75.0 Å². The van der Waals surface area contributed by atoms with E-state index in [4.69, 9.17) is 4.74 Å². The number of aryl methyl sites for hydroxylation is 1. The van der Waals surface area contributed by atoms with Crippen LogP contribution in [0.4, 0.5) is 17.6 Å². The maximum absolute atomic E-state index is 14.7. The van der Waals surface area contributed by atoms with Crippen LogP contribution in [0, 0.1) is 35.1 Å². The Morgan fingerprint density at radius 3 is 2.16 bits per heavy atom. The molecule has 0 unspecified atom stereocenters. The minimum absolute atomic E-state index is 0.169. The first-order valence-electron chi connectivity index (χ1n) is 11.7. The first-order chi connectivity index (χ1) is 15.5. The Kier molecular flexibility index (Phi) is 8.77. The average Bonchev–Trinajstić information content (AvgIpc) is 2.79. The quantitative estimate of drug-likeness (QED) is 0.276. The zero-order valence-corrected chi connectivity index (χ0v) is 18.9. The number of benzene rings is 2. The maximum atomic E-state index is 14.7. The first kappa shape index (κ1) is 24.3. The second-order valence-electron chi connectivity index (χ2n) is 8.61. The minimum Gasteiger partial charge on any atom is -0.491 e. The lowest BCUT2D eigenvalue weighted by Crippen LogP contribution is -2.12. The molecule has 174 valence electrons. The van der Waals surface area contributed by atoms with Crippen molar-refractivity contribution in [2.75, 3.05) is 6.61 Å². The van der Waals surface area contributed by atoms with Crippen LogP contribution in [-0.2, 0) is 6.42 Å². The van der Waals surface area contributed by atoms with Crippen molar-refractivity contribution in [3.63, 3.8) is 0 Å². The molecule has 0 spiro atoms. The fourth-order valence-electron chi connectivity index (χ4n) is 4.60. The molecule has 0 amide bonds. The highest BCUT2D eigenvalue weighted by molar-refractivity contribution is 5.66. The van der Waals surface area contributed by atoms with E-state index >= 15 is 0 Å². The second-order valence-corrected chi connectivity index (χ2v) is 8.61. The monoisotopic (exact) mass is 448 g/mol. The van der Waals surface area contributed by atoms with Gasteiger partial charge in [0.2, 0.25) is 5.82 Å². The predicted molar refractivity (Wildman–Crippen MR) is 121 cm³/mol. The molecule has 1 saturated carbocycles. The summed E-state index contributed by atoms with van der Waals surface area (Å²) in [6, 6.07) is 5.19. The average molecular weight is 449 g/mol. The fraction of sp³-hybridized carbons (Fsp3) is 0.481. The van der Waals surface area contributed by atoms with Crippen LogP contribution in [0.15, 0.2) is 36.4 Å². The molecule has 1 fully saturated rings. The van der Waals surface area contributed by atoms with E-state index in [1.54, 1.807) is 6.92 Å². The van der Waals surface area contributed by atoms with Crippen molar-refractivity contribution in [2.45, 2.75) is 65.2 Å². The number of hydrogen-bond acceptors (Lipinski definition) is 1. The molecule has 0 aromatic heterocycles. The van der Waals surface area contributed by atoms with Gasteiger partial charge in [0.25, 0.3) is 0 Å². The predicted octanol–water partition coefficient (Wildman–Crippen LogP) is 8.40. The Labute approximate surface area is 188 Å². The highest BCUT2D eigenvalue weighted by Gasteiger charge is 2.21. The lowest BCUT2D eigenvalue weighted by Gasteiger charge is -2.26. The Hall–Kier alpha value is -2.30. The van der Waals surface area contributed by atoms with Gasteiger partial charge in [-0.25, -0.2) is 13.2 Å². The first-order valence-corrected chi connectivity index (χ1v) is 11.7. The number of allylic oxidation sites excluding steroid dienone is 2. The van der Waals surface area contributed by atoms with Crippen LogP contribution < -0.4 is 4.74 Å². The summed E-state index contributed by atoms with van der Waals surface area (Å²) >= 11 is 0.